The molecule has 4 fully saturated rings. The molecule has 0 radical (unpaired) electrons. The summed E-state index contributed by atoms with van der Waals surface area (Å²) >= 11 is 0. The number of hydrogen-bond acceptors (Lipinski definition) is 13. The van der Waals surface area contributed by atoms with E-state index >= 15 is 0 Å². The number of benzene rings is 6. The molecule has 630 valence electrons. The van der Waals surface area contributed by atoms with Crippen LogP contribution in [0.1, 0.15) is 177 Å². The minimum Gasteiger partial charge on any atom is -0.467 e. The van der Waals surface area contributed by atoms with Gasteiger partial charge < -0.3 is 62.8 Å². The van der Waals surface area contributed by atoms with Gasteiger partial charge in [-0.25, -0.2) is 14.4 Å². The van der Waals surface area contributed by atoms with Crippen LogP contribution in [0.5, 0.6) is 0 Å². The average Bonchev–Trinajstić information content (AvgIpc) is 1.66. The number of furan rings is 1. The molecule has 6 aromatic carbocycles. The van der Waals surface area contributed by atoms with Crippen molar-refractivity contribution >= 4 is 52.2 Å². The Kier molecular flexibility index (Phi) is 30.3. The van der Waals surface area contributed by atoms with Crippen LogP contribution in [0.25, 0.3) is 28.4 Å². The van der Waals surface area contributed by atoms with Crippen LogP contribution in [0.3, 0.4) is 0 Å². The topological polar surface area (TPSA) is 245 Å². The number of aromatic nitrogens is 8. The van der Waals surface area contributed by atoms with Crippen molar-refractivity contribution in [2.75, 3.05) is 77.6 Å². The Morgan fingerprint density at radius 1 is 0.669 bits per heavy atom. The van der Waals surface area contributed by atoms with Gasteiger partial charge in [-0.2, -0.15) is 5.10 Å². The number of aromatic amines is 1. The summed E-state index contributed by atoms with van der Waals surface area (Å²) in [6, 6.07) is 55.0. The lowest BCUT2D eigenvalue weighted by Crippen LogP contribution is -2.39. The number of imidazole rings is 2. The molecule has 23 nitrogen and oxygen atoms in total. The van der Waals surface area contributed by atoms with E-state index in [1.807, 2.05) is 186 Å². The number of carbonyl (C=O) groups excluding carboxylic acids is 5. The summed E-state index contributed by atoms with van der Waals surface area (Å²) in [5, 5.41) is 11.7. The van der Waals surface area contributed by atoms with E-state index in [1.165, 1.54) is 60.7 Å². The quantitative estimate of drug-likeness (QED) is 0.0457. The number of aryl methyl sites for hydroxylation is 1. The first-order valence-electron chi connectivity index (χ1n) is 42.4. The van der Waals surface area contributed by atoms with Crippen LogP contribution in [-0.2, 0) is 35.5 Å². The zero-order valence-corrected chi connectivity index (χ0v) is 70.0. The van der Waals surface area contributed by atoms with E-state index in [1.54, 1.807) is 72.4 Å². The predicted molar refractivity (Wildman–Crippen MR) is 470 cm³/mol. The number of morpholine rings is 1. The highest BCUT2D eigenvalue weighted by molar-refractivity contribution is 6.00. The van der Waals surface area contributed by atoms with E-state index in [0.29, 0.717) is 80.8 Å². The van der Waals surface area contributed by atoms with E-state index in [0.717, 1.165) is 128 Å². The van der Waals surface area contributed by atoms with Crippen molar-refractivity contribution in [3.63, 3.8) is 0 Å². The number of amides is 5. The SMILES string of the molecule is CC(Cn1ccc2ccccc21)NC(=O)c1ccc(-n2ccnc2)cc1.CCCCN(Cc1ccco1)C(=O)c1cc(C)[nH]c(=O)c1.CCN(CC1CCCCO1)C(=O)c1cccc(-n2ccnc2)c1.CN(CC1=Cc2cc(F)ccc2C1)C(=O)c1ccccc1C1CCCC1.O=C(NCC1(Cn2cccn2)CC1)c1ccccc1N1CCOCC1. The van der Waals surface area contributed by atoms with Gasteiger partial charge >= 0.3 is 0 Å². The van der Waals surface area contributed by atoms with E-state index in [9.17, 15) is 33.2 Å². The number of pyridine rings is 1. The number of carbonyl (C=O) groups is 5. The Balaban J connectivity index is 0.000000131. The van der Waals surface area contributed by atoms with Crippen LogP contribution >= 0.6 is 0 Å². The van der Waals surface area contributed by atoms with Crippen LogP contribution in [0.4, 0.5) is 10.1 Å². The van der Waals surface area contributed by atoms with Gasteiger partial charge in [-0.3, -0.25) is 33.4 Å². The number of anilines is 1. The van der Waals surface area contributed by atoms with Crippen LogP contribution in [0.15, 0.2) is 253 Å². The number of ether oxygens (including phenoxy) is 2. The molecule has 17 rings (SSSR count). The Morgan fingerprint density at radius 2 is 1.40 bits per heavy atom. The minimum absolute atomic E-state index is 0.00818. The van der Waals surface area contributed by atoms with Gasteiger partial charge in [0.1, 0.15) is 11.6 Å². The van der Waals surface area contributed by atoms with Crippen molar-refractivity contribution in [3.8, 4) is 11.4 Å². The van der Waals surface area contributed by atoms with Gasteiger partial charge in [-0.05, 0) is 221 Å². The number of para-hydroxylation sites is 2. The lowest BCUT2D eigenvalue weighted by atomic mass is 9.92. The summed E-state index contributed by atoms with van der Waals surface area (Å²) in [6.07, 6.45) is 33.5. The molecule has 6 aromatic heterocycles. The summed E-state index contributed by atoms with van der Waals surface area (Å²) in [7, 11) is 1.86. The van der Waals surface area contributed by atoms with Gasteiger partial charge in [-0.15, -0.1) is 0 Å². The third kappa shape index (κ3) is 23.9. The van der Waals surface area contributed by atoms with E-state index in [4.69, 9.17) is 13.9 Å². The third-order valence-electron chi connectivity index (χ3n) is 22.7. The number of H-pyrrole nitrogens is 1. The van der Waals surface area contributed by atoms with Crippen LogP contribution in [0.2, 0.25) is 0 Å². The van der Waals surface area contributed by atoms with E-state index < -0.39 is 0 Å². The minimum atomic E-state index is -0.258. The third-order valence-corrected chi connectivity index (χ3v) is 22.7. The fourth-order valence-electron chi connectivity index (χ4n) is 16.0. The molecule has 121 heavy (non-hydrogen) atoms. The number of unbranched alkanes of at least 4 members (excludes halogenated alkanes) is 1. The monoisotopic (exact) mass is 1630 g/mol. The van der Waals surface area contributed by atoms with Crippen molar-refractivity contribution in [1.29, 1.82) is 0 Å². The zero-order chi connectivity index (χ0) is 84.5. The summed E-state index contributed by atoms with van der Waals surface area (Å²) in [5.74, 6) is 0.979. The standard InChI is InChI=1S/C23H24FNO.C21H20N4O.C19H24N4O2.C18H23N3O2.C16H20N2O3/c1-25(15-16-12-18-10-11-20(24)14-19(18)13-16)23(26)22-9-5-4-8-21(22)17-6-2-3-7-17;1-16(14-24-12-10-17-4-2-3-5-20(17)24)23-21(26)18-6-8-19(9-7-18)25-13-11-22-15-25;24-18(20-14-19(6-7-19)15-23-9-3-8-21-23)16-4-1-2-5-17(16)22-10-12-25-13-11-22;1-2-20(13-17-8-3-4-11-23-17)18(22)15-6-5-7-16(12-15)21-10-9-19-14-21;1-3-4-7-18(11-14-6-5-8-21-14)16(20)13-9-12(2)17-15(19)10-13/h4-5,8-11,13-14,17H,2-3,6-7,12,15H2,1H3;2-13,15-16H,14H2,1H3,(H,23,26);1-5,8-9H,6-7,10-15H2,(H,20,24);5-7,9-10,12,14,17H,2-4,8,11,13H2,1H3;5-6,8-10H,3-4,7,11H2,1-2H3,(H,17,19). The van der Waals surface area contributed by atoms with Crippen LogP contribution in [-0.4, -0.2) is 167 Å². The van der Waals surface area contributed by atoms with Gasteiger partial charge in [0.15, 0.2) is 0 Å². The second-order valence-corrected chi connectivity index (χ2v) is 31.9. The van der Waals surface area contributed by atoms with Gasteiger partial charge in [0, 0.05) is 184 Å². The van der Waals surface area contributed by atoms with Crippen molar-refractivity contribution in [2.45, 2.75) is 142 Å². The first kappa shape index (κ1) is 86.3. The van der Waals surface area contributed by atoms with Crippen molar-refractivity contribution < 1.29 is 42.3 Å². The predicted octanol–water partition coefficient (Wildman–Crippen LogP) is 16.4. The number of hydrogen-bond donors (Lipinski definition) is 3. The lowest BCUT2D eigenvalue weighted by Gasteiger charge is -2.30. The second-order valence-electron chi connectivity index (χ2n) is 31.9. The number of nitrogens with one attached hydrogen (secondary N) is 3. The molecule has 24 heteroatoms. The van der Waals surface area contributed by atoms with Gasteiger partial charge in [0.2, 0.25) is 5.56 Å². The van der Waals surface area contributed by atoms with Gasteiger partial charge in [0.05, 0.1) is 50.3 Å². The zero-order valence-electron chi connectivity index (χ0n) is 70.0. The fraction of sp³-hybridized carbons (Fsp3) is 0.351. The molecular weight excluding hydrogens is 1520 g/mol. The molecular formula is C97H111FN14O9. The van der Waals surface area contributed by atoms with Crippen molar-refractivity contribution in [1.82, 2.24) is 63.8 Å². The molecule has 2 aliphatic heterocycles. The summed E-state index contributed by atoms with van der Waals surface area (Å²) in [5.41, 5.74) is 12.5. The summed E-state index contributed by atoms with van der Waals surface area (Å²) in [4.78, 5) is 93.7. The van der Waals surface area contributed by atoms with Crippen molar-refractivity contribution in [3.05, 3.63) is 316 Å². The Morgan fingerprint density at radius 3 is 2.11 bits per heavy atom. The molecule has 0 spiro atoms. The molecule has 3 N–H and O–H groups in total. The number of fused-ring (bicyclic) bond motifs is 2. The molecule has 8 heterocycles. The van der Waals surface area contributed by atoms with E-state index in [-0.39, 0.29) is 58.5 Å². The molecule has 2 atom stereocenters. The molecule has 0 bridgehead atoms. The molecule has 2 saturated heterocycles. The maximum absolute atomic E-state index is 13.4. The Labute approximate surface area is 707 Å². The Hall–Kier alpha value is -12.5. The number of nitrogens with zero attached hydrogens (tertiary/aromatic N) is 11. The van der Waals surface area contributed by atoms with Gasteiger partial charge in [0.25, 0.3) is 29.5 Å². The van der Waals surface area contributed by atoms with Crippen molar-refractivity contribution in [2.24, 2.45) is 5.41 Å². The Bertz CT molecular complexity index is 5430. The number of halogens is 1. The molecule has 5 aliphatic rings. The molecule has 3 aliphatic carbocycles. The normalized spacial score (nSPS) is 15.3. The molecule has 12 aromatic rings. The molecule has 5 amide bonds. The van der Waals surface area contributed by atoms with Crippen LogP contribution in [0, 0.1) is 18.2 Å². The fourth-order valence-corrected chi connectivity index (χ4v) is 16.0. The number of rotatable bonds is 26. The van der Waals surface area contributed by atoms with E-state index in [2.05, 4.69) is 77.5 Å². The first-order chi connectivity index (χ1) is 58.9. The molecule has 2 unspecified atom stereocenters. The smallest absolute Gasteiger partial charge is 0.254 e. The maximum Gasteiger partial charge on any atom is 0.254 e. The maximum atomic E-state index is 13.4. The first-order valence-corrected chi connectivity index (χ1v) is 42.4. The summed E-state index contributed by atoms with van der Waals surface area (Å²) < 4.78 is 37.8. The molecule has 2 saturated carbocycles. The van der Waals surface area contributed by atoms with Gasteiger partial charge in [-0.1, -0.05) is 92.9 Å². The van der Waals surface area contributed by atoms with Crippen LogP contribution < -0.4 is 21.1 Å². The summed E-state index contributed by atoms with van der Waals surface area (Å²) in [6.45, 7) is 17.0. The highest BCUT2D eigenvalue weighted by Crippen LogP contribution is 2.46. The highest BCUT2D eigenvalue weighted by Gasteiger charge is 2.43. The largest absolute Gasteiger partial charge is 0.467 e. The highest BCUT2D eigenvalue weighted by atomic mass is 19.1. The number of likely N-dealkylation sites (N-methyl/N-ethyl adjacent to an activating group) is 2. The second kappa shape index (κ2) is 42.4. The lowest BCUT2D eigenvalue weighted by molar-refractivity contribution is -0.00311. The average molecular weight is 1640 g/mol.